The Labute approximate surface area is 141 Å². The van der Waals surface area contributed by atoms with Crippen molar-refractivity contribution >= 4 is 5.97 Å². The molecule has 25 heavy (non-hydrogen) atoms. The van der Waals surface area contributed by atoms with Crippen molar-refractivity contribution in [2.75, 3.05) is 0 Å². The molecule has 2 aromatic carbocycles. The normalized spacial score (nSPS) is 11.8. The molecule has 0 saturated carbocycles. The molecule has 0 spiro atoms. The molecule has 1 heterocycles. The van der Waals surface area contributed by atoms with Crippen LogP contribution in [0.3, 0.4) is 0 Å². The number of esters is 1. The number of benzene rings is 2. The summed E-state index contributed by atoms with van der Waals surface area (Å²) in [4.78, 5) is 16.4. The first-order valence-corrected chi connectivity index (χ1v) is 7.37. The molecule has 0 amide bonds. The van der Waals surface area contributed by atoms with Crippen molar-refractivity contribution in [2.45, 2.75) is 6.10 Å². The molecule has 1 atom stereocenters. The van der Waals surface area contributed by atoms with E-state index in [1.807, 2.05) is 0 Å². The minimum absolute atomic E-state index is 0.156. The van der Waals surface area contributed by atoms with E-state index in [1.54, 1.807) is 24.3 Å². The third-order valence-corrected chi connectivity index (χ3v) is 3.49. The van der Waals surface area contributed by atoms with Crippen molar-refractivity contribution in [2.24, 2.45) is 0 Å². The van der Waals surface area contributed by atoms with Crippen molar-refractivity contribution in [3.05, 3.63) is 101 Å². The first-order valence-electron chi connectivity index (χ1n) is 7.37. The zero-order valence-electron chi connectivity index (χ0n) is 12.8. The maximum atomic E-state index is 13.5. The van der Waals surface area contributed by atoms with Crippen LogP contribution in [0.1, 0.15) is 27.7 Å². The van der Waals surface area contributed by atoms with Gasteiger partial charge in [-0.2, -0.15) is 0 Å². The second-order valence-electron chi connectivity index (χ2n) is 5.22. The fourth-order valence-electron chi connectivity index (χ4n) is 2.30. The third-order valence-electron chi connectivity index (χ3n) is 3.49. The molecule has 0 aliphatic carbocycles. The summed E-state index contributed by atoms with van der Waals surface area (Å²) in [6.07, 6.45) is 0.519. The molecule has 0 saturated heterocycles. The Hall–Kier alpha value is -3.15. The molecular weight excluding hydrogens is 331 g/mol. The predicted octanol–water partition coefficient (Wildman–Crippen LogP) is 4.45. The van der Waals surface area contributed by atoms with Crippen molar-refractivity contribution in [3.8, 4) is 0 Å². The van der Waals surface area contributed by atoms with Crippen molar-refractivity contribution in [3.63, 3.8) is 0 Å². The Bertz CT molecular complexity index is 900. The van der Waals surface area contributed by atoms with Gasteiger partial charge < -0.3 is 4.74 Å². The Balaban J connectivity index is 1.95. The zero-order valence-corrected chi connectivity index (χ0v) is 12.8. The Kier molecular flexibility index (Phi) is 4.79. The largest absolute Gasteiger partial charge is 0.447 e. The van der Waals surface area contributed by atoms with Gasteiger partial charge in [0.25, 0.3) is 0 Å². The highest BCUT2D eigenvalue weighted by Crippen LogP contribution is 2.26. The quantitative estimate of drug-likeness (QED) is 0.657. The summed E-state index contributed by atoms with van der Waals surface area (Å²) < 4.78 is 45.3. The van der Waals surface area contributed by atoms with E-state index in [0.717, 1.165) is 18.2 Å². The van der Waals surface area contributed by atoms with Gasteiger partial charge in [-0.1, -0.05) is 18.2 Å². The summed E-state index contributed by atoms with van der Waals surface area (Å²) in [7, 11) is 0. The monoisotopic (exact) mass is 343 g/mol. The van der Waals surface area contributed by atoms with Gasteiger partial charge in [0.1, 0.15) is 5.82 Å². The zero-order chi connectivity index (χ0) is 17.8. The third kappa shape index (κ3) is 3.85. The van der Waals surface area contributed by atoms with Gasteiger partial charge in [-0.15, -0.1) is 0 Å². The maximum Gasteiger partial charge on any atom is 0.339 e. The number of pyridine rings is 1. The van der Waals surface area contributed by atoms with Crippen LogP contribution >= 0.6 is 0 Å². The fourth-order valence-corrected chi connectivity index (χ4v) is 2.30. The van der Waals surface area contributed by atoms with E-state index in [1.165, 1.54) is 24.4 Å². The summed E-state index contributed by atoms with van der Waals surface area (Å²) in [6.45, 7) is 0. The minimum atomic E-state index is -1.16. The van der Waals surface area contributed by atoms with Crippen LogP contribution < -0.4 is 0 Å². The number of hydrogen-bond acceptors (Lipinski definition) is 3. The van der Waals surface area contributed by atoms with Crippen molar-refractivity contribution < 1.29 is 22.7 Å². The van der Waals surface area contributed by atoms with Crippen molar-refractivity contribution in [1.82, 2.24) is 4.98 Å². The number of hydrogen-bond donors (Lipinski definition) is 0. The molecule has 1 aromatic heterocycles. The minimum Gasteiger partial charge on any atom is -0.447 e. The molecule has 1 unspecified atom stereocenters. The van der Waals surface area contributed by atoms with Gasteiger partial charge in [-0.05, 0) is 42.5 Å². The topological polar surface area (TPSA) is 39.2 Å². The molecular formula is C19H12F3NO2. The molecule has 6 heteroatoms. The molecule has 0 aliphatic heterocycles. The second kappa shape index (κ2) is 7.17. The highest BCUT2D eigenvalue weighted by Gasteiger charge is 2.22. The van der Waals surface area contributed by atoms with Crippen LogP contribution in [-0.2, 0) is 4.74 Å². The molecule has 3 nitrogen and oxygen atoms in total. The van der Waals surface area contributed by atoms with Crippen LogP contribution in [0.25, 0.3) is 0 Å². The van der Waals surface area contributed by atoms with Crippen LogP contribution in [0.2, 0.25) is 0 Å². The average Bonchev–Trinajstić information content (AvgIpc) is 2.62. The number of halogens is 3. The summed E-state index contributed by atoms with van der Waals surface area (Å²) >= 11 is 0. The number of carbonyl (C=O) groups is 1. The van der Waals surface area contributed by atoms with Crippen LogP contribution in [0, 0.1) is 17.5 Å². The van der Waals surface area contributed by atoms with Gasteiger partial charge in [-0.3, -0.25) is 4.98 Å². The van der Waals surface area contributed by atoms with Gasteiger partial charge in [-0.25, -0.2) is 18.0 Å². The van der Waals surface area contributed by atoms with Gasteiger partial charge >= 0.3 is 5.97 Å². The van der Waals surface area contributed by atoms with E-state index in [0.29, 0.717) is 11.3 Å². The summed E-state index contributed by atoms with van der Waals surface area (Å²) in [5.74, 6) is -3.60. The maximum absolute atomic E-state index is 13.5. The van der Waals surface area contributed by atoms with E-state index in [-0.39, 0.29) is 5.56 Å². The highest BCUT2D eigenvalue weighted by atomic mass is 19.2. The van der Waals surface area contributed by atoms with E-state index in [4.69, 9.17) is 4.74 Å². The van der Waals surface area contributed by atoms with Gasteiger partial charge in [0, 0.05) is 11.8 Å². The molecule has 3 aromatic rings. The van der Waals surface area contributed by atoms with E-state index < -0.39 is 29.5 Å². The number of ether oxygens (including phenoxy) is 1. The number of nitrogens with zero attached hydrogens (tertiary/aromatic N) is 1. The van der Waals surface area contributed by atoms with Gasteiger partial charge in [0.05, 0.1) is 11.3 Å². The van der Waals surface area contributed by atoms with Crippen molar-refractivity contribution in [1.29, 1.82) is 0 Å². The molecule has 0 bridgehead atoms. The summed E-state index contributed by atoms with van der Waals surface area (Å²) in [5.41, 5.74) is 0.593. The summed E-state index contributed by atoms with van der Waals surface area (Å²) in [5, 5.41) is 0. The average molecular weight is 343 g/mol. The first-order chi connectivity index (χ1) is 12.0. The Morgan fingerprint density at radius 1 is 0.920 bits per heavy atom. The number of rotatable bonds is 4. The van der Waals surface area contributed by atoms with Crippen LogP contribution in [0.15, 0.2) is 66.9 Å². The van der Waals surface area contributed by atoms with Crippen LogP contribution in [0.5, 0.6) is 0 Å². The first kappa shape index (κ1) is 16.7. The second-order valence-corrected chi connectivity index (χ2v) is 5.22. The Morgan fingerprint density at radius 2 is 1.76 bits per heavy atom. The SMILES string of the molecule is O=C(OC(c1cccc(F)c1)c1ccccn1)c1ccc(F)c(F)c1. The molecule has 126 valence electrons. The fraction of sp³-hybridized carbons (Fsp3) is 0.0526. The lowest BCUT2D eigenvalue weighted by Crippen LogP contribution is -2.14. The predicted molar refractivity (Wildman–Crippen MR) is 84.3 cm³/mol. The van der Waals surface area contributed by atoms with Gasteiger partial charge in [0.2, 0.25) is 0 Å². The Morgan fingerprint density at radius 3 is 2.44 bits per heavy atom. The molecule has 0 aliphatic rings. The lowest BCUT2D eigenvalue weighted by Gasteiger charge is -2.18. The molecule has 0 radical (unpaired) electrons. The molecule has 0 fully saturated rings. The highest BCUT2D eigenvalue weighted by molar-refractivity contribution is 5.89. The standard InChI is InChI=1S/C19H12F3NO2/c20-14-5-3-4-12(10-14)18(17-6-1-2-9-23-17)25-19(24)13-7-8-15(21)16(22)11-13/h1-11,18H. The van der Waals surface area contributed by atoms with E-state index >= 15 is 0 Å². The number of aromatic nitrogens is 1. The van der Waals surface area contributed by atoms with Crippen LogP contribution in [-0.4, -0.2) is 11.0 Å². The smallest absolute Gasteiger partial charge is 0.339 e. The van der Waals surface area contributed by atoms with E-state index in [2.05, 4.69) is 4.98 Å². The molecule has 0 N–H and O–H groups in total. The van der Waals surface area contributed by atoms with Gasteiger partial charge in [0.15, 0.2) is 17.7 Å². The molecule has 3 rings (SSSR count). The summed E-state index contributed by atoms with van der Waals surface area (Å²) in [6, 6.07) is 13.2. The number of carbonyl (C=O) groups excluding carboxylic acids is 1. The lowest BCUT2D eigenvalue weighted by molar-refractivity contribution is 0.0369. The van der Waals surface area contributed by atoms with E-state index in [9.17, 15) is 18.0 Å². The lowest BCUT2D eigenvalue weighted by atomic mass is 10.1. The van der Waals surface area contributed by atoms with Crippen LogP contribution in [0.4, 0.5) is 13.2 Å².